The van der Waals surface area contributed by atoms with Gasteiger partial charge in [-0.2, -0.15) is 0 Å². The Bertz CT molecular complexity index is 939. The van der Waals surface area contributed by atoms with E-state index in [1.807, 2.05) is 0 Å². The highest BCUT2D eigenvalue weighted by atomic mass is 32.1. The smallest absolute Gasteiger partial charge is 0.251 e. The van der Waals surface area contributed by atoms with E-state index in [-0.39, 0.29) is 5.91 Å². The van der Waals surface area contributed by atoms with Crippen molar-refractivity contribution in [2.24, 2.45) is 5.73 Å². The van der Waals surface area contributed by atoms with Crippen LogP contribution in [0.15, 0.2) is 18.2 Å². The summed E-state index contributed by atoms with van der Waals surface area (Å²) < 4.78 is 15.9. The predicted octanol–water partition coefficient (Wildman–Crippen LogP) is 3.40. The summed E-state index contributed by atoms with van der Waals surface area (Å²) in [5.74, 6) is 0.614. The first-order chi connectivity index (χ1) is 14.0. The second-order valence-corrected chi connectivity index (χ2v) is 7.67. The van der Waals surface area contributed by atoms with Crippen LogP contribution in [0.2, 0.25) is 0 Å². The maximum absolute atomic E-state index is 12.5. The van der Waals surface area contributed by atoms with Crippen molar-refractivity contribution in [1.29, 1.82) is 0 Å². The van der Waals surface area contributed by atoms with Crippen LogP contribution >= 0.6 is 11.3 Å². The summed E-state index contributed by atoms with van der Waals surface area (Å²) in [5.41, 5.74) is 7.71. The maximum atomic E-state index is 12.5. The first-order valence-corrected chi connectivity index (χ1v) is 10.0. The molecule has 7 nitrogen and oxygen atoms in total. The van der Waals surface area contributed by atoms with Crippen LogP contribution in [0, 0.1) is 0 Å². The number of methoxy groups -OCH3 is 3. The molecule has 3 N–H and O–H groups in total. The van der Waals surface area contributed by atoms with E-state index >= 15 is 0 Å². The van der Waals surface area contributed by atoms with E-state index in [4.69, 9.17) is 19.9 Å². The van der Waals surface area contributed by atoms with Gasteiger partial charge in [-0.3, -0.25) is 9.59 Å². The molecular formula is C21H24N2O5S. The zero-order valence-electron chi connectivity index (χ0n) is 16.7. The summed E-state index contributed by atoms with van der Waals surface area (Å²) in [5, 5.41) is 3.32. The zero-order valence-corrected chi connectivity index (χ0v) is 17.5. The lowest BCUT2D eigenvalue weighted by atomic mass is 9.95. The van der Waals surface area contributed by atoms with E-state index in [1.54, 1.807) is 18.2 Å². The topological polar surface area (TPSA) is 99.9 Å². The fourth-order valence-corrected chi connectivity index (χ4v) is 4.74. The van der Waals surface area contributed by atoms with E-state index in [2.05, 4.69) is 5.32 Å². The summed E-state index contributed by atoms with van der Waals surface area (Å²) >= 11 is 1.43. The van der Waals surface area contributed by atoms with Gasteiger partial charge in [0.25, 0.3) is 5.91 Å². The minimum absolute atomic E-state index is 0.347. The van der Waals surface area contributed by atoms with Crippen LogP contribution in [0.25, 0.3) is 6.08 Å². The van der Waals surface area contributed by atoms with Gasteiger partial charge in [-0.25, -0.2) is 0 Å². The normalized spacial score (nSPS) is 13.1. The predicted molar refractivity (Wildman–Crippen MR) is 113 cm³/mol. The van der Waals surface area contributed by atoms with Crippen LogP contribution in [0.5, 0.6) is 17.2 Å². The molecule has 0 bridgehead atoms. The minimum atomic E-state index is -0.506. The molecule has 1 aliphatic rings. The van der Waals surface area contributed by atoms with Crippen LogP contribution in [0.3, 0.4) is 0 Å². The fourth-order valence-electron chi connectivity index (χ4n) is 3.44. The van der Waals surface area contributed by atoms with Crippen molar-refractivity contribution < 1.29 is 23.8 Å². The molecule has 3 rings (SSSR count). The van der Waals surface area contributed by atoms with Crippen molar-refractivity contribution in [1.82, 2.24) is 0 Å². The molecule has 2 amide bonds. The Labute approximate surface area is 173 Å². The molecule has 29 heavy (non-hydrogen) atoms. The van der Waals surface area contributed by atoms with Crippen molar-refractivity contribution >= 4 is 34.2 Å². The van der Waals surface area contributed by atoms with Crippen molar-refractivity contribution in [2.75, 3.05) is 26.6 Å². The molecule has 154 valence electrons. The SMILES string of the molecule is COc1cc(/C=C/C(=O)Nc2sc3c(c2C(N)=O)CCCC3)cc(OC)c1OC. The number of nitrogens with two attached hydrogens (primary N) is 1. The van der Waals surface area contributed by atoms with E-state index in [0.717, 1.165) is 36.1 Å². The lowest BCUT2D eigenvalue weighted by Crippen LogP contribution is -2.17. The highest BCUT2D eigenvalue weighted by Crippen LogP contribution is 2.39. The molecule has 1 heterocycles. The van der Waals surface area contributed by atoms with Crippen LogP contribution in [0.4, 0.5) is 5.00 Å². The van der Waals surface area contributed by atoms with Gasteiger partial charge >= 0.3 is 0 Å². The monoisotopic (exact) mass is 416 g/mol. The number of rotatable bonds is 7. The Morgan fingerprint density at radius 2 is 1.72 bits per heavy atom. The van der Waals surface area contributed by atoms with Gasteiger partial charge in [-0.05, 0) is 55.0 Å². The van der Waals surface area contributed by atoms with Crippen LogP contribution in [0.1, 0.15) is 39.2 Å². The average Bonchev–Trinajstić information content (AvgIpc) is 3.09. The summed E-state index contributed by atoms with van der Waals surface area (Å²) in [6, 6.07) is 3.48. The van der Waals surface area contributed by atoms with Gasteiger partial charge in [0, 0.05) is 11.0 Å². The number of aryl methyl sites for hydroxylation is 1. The Balaban J connectivity index is 1.82. The molecular weight excluding hydrogens is 392 g/mol. The zero-order chi connectivity index (χ0) is 21.0. The molecule has 2 aromatic rings. The molecule has 0 saturated carbocycles. The molecule has 0 saturated heterocycles. The standard InChI is InChI=1S/C21H24N2O5S/c1-26-14-10-12(11-15(27-2)19(14)28-3)8-9-17(24)23-21-18(20(22)25)13-6-4-5-7-16(13)29-21/h8-11H,4-7H2,1-3H3,(H2,22,25)(H,23,24)/b9-8+. The van der Waals surface area contributed by atoms with Crippen LogP contribution < -0.4 is 25.3 Å². The Morgan fingerprint density at radius 1 is 1.07 bits per heavy atom. The third-order valence-corrected chi connectivity index (χ3v) is 5.98. The van der Waals surface area contributed by atoms with E-state index in [1.165, 1.54) is 38.7 Å². The van der Waals surface area contributed by atoms with Gasteiger partial charge in [0.2, 0.25) is 11.7 Å². The molecule has 0 radical (unpaired) electrons. The molecule has 0 spiro atoms. The summed E-state index contributed by atoms with van der Waals surface area (Å²) in [7, 11) is 4.59. The highest BCUT2D eigenvalue weighted by Gasteiger charge is 2.24. The average molecular weight is 416 g/mol. The summed E-state index contributed by atoms with van der Waals surface area (Å²) in [6.07, 6.45) is 6.87. The molecule has 1 aromatic heterocycles. The van der Waals surface area contributed by atoms with Crippen molar-refractivity contribution in [3.05, 3.63) is 39.8 Å². The van der Waals surface area contributed by atoms with Crippen molar-refractivity contribution in [2.45, 2.75) is 25.7 Å². The minimum Gasteiger partial charge on any atom is -0.493 e. The van der Waals surface area contributed by atoms with Gasteiger partial charge in [0.1, 0.15) is 5.00 Å². The van der Waals surface area contributed by atoms with E-state index in [9.17, 15) is 9.59 Å². The van der Waals surface area contributed by atoms with Gasteiger partial charge in [0.15, 0.2) is 11.5 Å². The Morgan fingerprint density at radius 3 is 2.31 bits per heavy atom. The number of ether oxygens (including phenoxy) is 3. The lowest BCUT2D eigenvalue weighted by Gasteiger charge is -2.12. The second kappa shape index (κ2) is 9.00. The number of hydrogen-bond acceptors (Lipinski definition) is 6. The lowest BCUT2D eigenvalue weighted by molar-refractivity contribution is -0.111. The quantitative estimate of drug-likeness (QED) is 0.674. The largest absolute Gasteiger partial charge is 0.493 e. The molecule has 0 fully saturated rings. The first-order valence-electron chi connectivity index (χ1n) is 9.21. The Kier molecular flexibility index (Phi) is 6.43. The number of benzene rings is 1. The molecule has 1 aromatic carbocycles. The fraction of sp³-hybridized carbons (Fsp3) is 0.333. The third-order valence-electron chi connectivity index (χ3n) is 4.77. The highest BCUT2D eigenvalue weighted by molar-refractivity contribution is 7.17. The van der Waals surface area contributed by atoms with Gasteiger partial charge in [0.05, 0.1) is 26.9 Å². The summed E-state index contributed by atoms with van der Waals surface area (Å²) in [4.78, 5) is 25.5. The van der Waals surface area contributed by atoms with Crippen LogP contribution in [-0.4, -0.2) is 33.1 Å². The molecule has 0 atom stereocenters. The third kappa shape index (κ3) is 4.37. The number of carbonyl (C=O) groups excluding carboxylic acids is 2. The number of hydrogen-bond donors (Lipinski definition) is 2. The maximum Gasteiger partial charge on any atom is 0.251 e. The van der Waals surface area contributed by atoms with E-state index in [0.29, 0.717) is 33.4 Å². The summed E-state index contributed by atoms with van der Waals surface area (Å²) in [6.45, 7) is 0. The van der Waals surface area contributed by atoms with E-state index < -0.39 is 5.91 Å². The number of amides is 2. The van der Waals surface area contributed by atoms with Crippen molar-refractivity contribution in [3.63, 3.8) is 0 Å². The second-order valence-electron chi connectivity index (χ2n) is 6.56. The molecule has 0 unspecified atom stereocenters. The number of thiophene rings is 1. The number of nitrogens with one attached hydrogen (secondary N) is 1. The first kappa shape index (κ1) is 20.7. The Hall–Kier alpha value is -3.00. The van der Waals surface area contributed by atoms with Gasteiger partial charge in [-0.15, -0.1) is 11.3 Å². The molecule has 1 aliphatic carbocycles. The number of anilines is 1. The number of carbonyl (C=O) groups is 2. The molecule has 0 aliphatic heterocycles. The number of fused-ring (bicyclic) bond motifs is 1. The van der Waals surface area contributed by atoms with Crippen LogP contribution in [-0.2, 0) is 17.6 Å². The molecule has 8 heteroatoms. The van der Waals surface area contributed by atoms with Crippen molar-refractivity contribution in [3.8, 4) is 17.2 Å². The number of primary amides is 1. The van der Waals surface area contributed by atoms with Gasteiger partial charge < -0.3 is 25.3 Å². The van der Waals surface area contributed by atoms with Gasteiger partial charge in [-0.1, -0.05) is 0 Å².